The summed E-state index contributed by atoms with van der Waals surface area (Å²) >= 11 is 6.09. The fourth-order valence-corrected chi connectivity index (χ4v) is 2.47. The number of hydrogen-bond donors (Lipinski definition) is 2. The average molecular weight is 286 g/mol. The first-order valence-corrected chi connectivity index (χ1v) is 7.27. The Labute approximate surface area is 120 Å². The van der Waals surface area contributed by atoms with Crippen LogP contribution in [0.5, 0.6) is 5.75 Å². The van der Waals surface area contributed by atoms with Crippen molar-refractivity contribution in [2.75, 3.05) is 19.8 Å². The molecule has 0 saturated heterocycles. The fraction of sp³-hybridized carbons (Fsp3) is 0.600. The maximum absolute atomic E-state index is 9.31. The van der Waals surface area contributed by atoms with Crippen molar-refractivity contribution >= 4 is 11.6 Å². The summed E-state index contributed by atoms with van der Waals surface area (Å²) in [6.45, 7) is 5.35. The number of aliphatic hydroxyl groups excluding tert-OH is 1. The van der Waals surface area contributed by atoms with Gasteiger partial charge in [0.15, 0.2) is 0 Å². The van der Waals surface area contributed by atoms with Crippen molar-refractivity contribution in [2.24, 2.45) is 11.7 Å². The van der Waals surface area contributed by atoms with Crippen molar-refractivity contribution in [2.45, 2.75) is 32.6 Å². The topological polar surface area (TPSA) is 55.5 Å². The van der Waals surface area contributed by atoms with E-state index < -0.39 is 0 Å². The maximum atomic E-state index is 9.31. The molecule has 0 heterocycles. The lowest BCUT2D eigenvalue weighted by Gasteiger charge is -2.23. The molecule has 3 N–H and O–H groups in total. The summed E-state index contributed by atoms with van der Waals surface area (Å²) in [5.41, 5.74) is 6.79. The molecular weight excluding hydrogens is 262 g/mol. The summed E-state index contributed by atoms with van der Waals surface area (Å²) in [7, 11) is 0. The van der Waals surface area contributed by atoms with Gasteiger partial charge in [-0.15, -0.1) is 0 Å². The molecule has 0 saturated carbocycles. The van der Waals surface area contributed by atoms with Gasteiger partial charge in [-0.1, -0.05) is 18.5 Å². The molecule has 2 atom stereocenters. The van der Waals surface area contributed by atoms with Crippen molar-refractivity contribution in [3.8, 4) is 5.75 Å². The number of rotatable bonds is 8. The smallest absolute Gasteiger partial charge is 0.122 e. The standard InChI is InChI=1S/C15H24ClNO2/c1-3-12(7-11(9-17)10-18)14-8-13(16)5-6-15(14)19-4-2/h5-6,8,11-12,18H,3-4,7,9-10,17H2,1-2H3. The van der Waals surface area contributed by atoms with Crippen molar-refractivity contribution in [3.05, 3.63) is 28.8 Å². The van der Waals surface area contributed by atoms with E-state index in [4.69, 9.17) is 22.1 Å². The van der Waals surface area contributed by atoms with E-state index in [-0.39, 0.29) is 12.5 Å². The van der Waals surface area contributed by atoms with E-state index in [0.717, 1.165) is 24.2 Å². The van der Waals surface area contributed by atoms with Gasteiger partial charge in [-0.05, 0) is 61.9 Å². The Balaban J connectivity index is 2.98. The molecule has 0 bridgehead atoms. The van der Waals surface area contributed by atoms with Crippen molar-refractivity contribution in [1.82, 2.24) is 0 Å². The highest BCUT2D eigenvalue weighted by molar-refractivity contribution is 6.30. The Hall–Kier alpha value is -0.770. The summed E-state index contributed by atoms with van der Waals surface area (Å²) in [6, 6.07) is 5.72. The van der Waals surface area contributed by atoms with Gasteiger partial charge in [-0.25, -0.2) is 0 Å². The normalized spacial score (nSPS) is 14.2. The van der Waals surface area contributed by atoms with Crippen LogP contribution in [0.25, 0.3) is 0 Å². The zero-order valence-corrected chi connectivity index (χ0v) is 12.5. The van der Waals surface area contributed by atoms with Crippen LogP contribution in [-0.4, -0.2) is 24.9 Å². The number of hydrogen-bond acceptors (Lipinski definition) is 3. The van der Waals surface area contributed by atoms with Gasteiger partial charge < -0.3 is 15.6 Å². The zero-order chi connectivity index (χ0) is 14.3. The van der Waals surface area contributed by atoms with Crippen LogP contribution >= 0.6 is 11.6 Å². The van der Waals surface area contributed by atoms with Gasteiger partial charge in [-0.3, -0.25) is 0 Å². The summed E-state index contributed by atoms with van der Waals surface area (Å²) in [6.07, 6.45) is 1.82. The third-order valence-electron chi connectivity index (χ3n) is 3.41. The van der Waals surface area contributed by atoms with E-state index in [1.807, 2.05) is 25.1 Å². The predicted octanol–water partition coefficient (Wildman–Crippen LogP) is 3.19. The number of halogens is 1. The summed E-state index contributed by atoms with van der Waals surface area (Å²) in [4.78, 5) is 0. The minimum absolute atomic E-state index is 0.123. The molecule has 108 valence electrons. The molecule has 4 heteroatoms. The molecule has 0 aromatic heterocycles. The minimum atomic E-state index is 0.123. The molecule has 0 aliphatic heterocycles. The van der Waals surface area contributed by atoms with E-state index in [9.17, 15) is 5.11 Å². The molecular formula is C15H24ClNO2. The SMILES string of the molecule is CCOc1ccc(Cl)cc1C(CC)CC(CN)CO. The Morgan fingerprint density at radius 3 is 2.63 bits per heavy atom. The Bertz CT molecular complexity index is 380. The zero-order valence-electron chi connectivity index (χ0n) is 11.7. The molecule has 19 heavy (non-hydrogen) atoms. The van der Waals surface area contributed by atoms with Crippen LogP contribution in [0.15, 0.2) is 18.2 Å². The molecule has 0 amide bonds. The monoisotopic (exact) mass is 285 g/mol. The van der Waals surface area contributed by atoms with Gasteiger partial charge in [0.05, 0.1) is 6.61 Å². The Morgan fingerprint density at radius 2 is 2.11 bits per heavy atom. The molecule has 0 radical (unpaired) electrons. The first-order chi connectivity index (χ1) is 9.15. The van der Waals surface area contributed by atoms with Gasteiger partial charge in [0.1, 0.15) is 5.75 Å². The van der Waals surface area contributed by atoms with Crippen LogP contribution in [-0.2, 0) is 0 Å². The summed E-state index contributed by atoms with van der Waals surface area (Å²) < 4.78 is 5.67. The van der Waals surface area contributed by atoms with Gasteiger partial charge in [-0.2, -0.15) is 0 Å². The second-order valence-corrected chi connectivity index (χ2v) is 5.18. The lowest BCUT2D eigenvalue weighted by atomic mass is 9.86. The number of ether oxygens (including phenoxy) is 1. The lowest BCUT2D eigenvalue weighted by Crippen LogP contribution is -2.21. The van der Waals surface area contributed by atoms with Crippen LogP contribution in [0.3, 0.4) is 0 Å². The maximum Gasteiger partial charge on any atom is 0.122 e. The second-order valence-electron chi connectivity index (χ2n) is 4.74. The van der Waals surface area contributed by atoms with Crippen LogP contribution in [0.2, 0.25) is 5.02 Å². The molecule has 1 rings (SSSR count). The highest BCUT2D eigenvalue weighted by Gasteiger charge is 2.19. The number of aliphatic hydroxyl groups is 1. The van der Waals surface area contributed by atoms with E-state index >= 15 is 0 Å². The van der Waals surface area contributed by atoms with E-state index in [0.29, 0.717) is 24.1 Å². The Morgan fingerprint density at radius 1 is 1.37 bits per heavy atom. The molecule has 2 unspecified atom stereocenters. The first kappa shape index (κ1) is 16.3. The van der Waals surface area contributed by atoms with Crippen molar-refractivity contribution in [1.29, 1.82) is 0 Å². The van der Waals surface area contributed by atoms with Crippen LogP contribution in [0, 0.1) is 5.92 Å². The molecule has 1 aromatic rings. The second kappa shape index (κ2) is 8.41. The summed E-state index contributed by atoms with van der Waals surface area (Å²) in [5.74, 6) is 1.31. The van der Waals surface area contributed by atoms with Gasteiger partial charge >= 0.3 is 0 Å². The van der Waals surface area contributed by atoms with Crippen molar-refractivity contribution in [3.63, 3.8) is 0 Å². The van der Waals surface area contributed by atoms with Crippen molar-refractivity contribution < 1.29 is 9.84 Å². The predicted molar refractivity (Wildman–Crippen MR) is 79.9 cm³/mol. The summed E-state index contributed by atoms with van der Waals surface area (Å²) in [5, 5.41) is 10.0. The van der Waals surface area contributed by atoms with Gasteiger partial charge in [0, 0.05) is 11.6 Å². The van der Waals surface area contributed by atoms with Crippen LogP contribution in [0.1, 0.15) is 38.2 Å². The quantitative estimate of drug-likeness (QED) is 0.771. The molecule has 1 aromatic carbocycles. The number of nitrogens with two attached hydrogens (primary N) is 1. The fourth-order valence-electron chi connectivity index (χ4n) is 2.29. The molecule has 0 aliphatic carbocycles. The molecule has 0 aliphatic rings. The third-order valence-corrected chi connectivity index (χ3v) is 3.65. The first-order valence-electron chi connectivity index (χ1n) is 6.89. The molecule has 0 spiro atoms. The molecule has 3 nitrogen and oxygen atoms in total. The van der Waals surface area contributed by atoms with E-state index in [1.165, 1.54) is 0 Å². The third kappa shape index (κ3) is 4.68. The highest BCUT2D eigenvalue weighted by Crippen LogP contribution is 2.35. The van der Waals surface area contributed by atoms with E-state index in [2.05, 4.69) is 6.92 Å². The van der Waals surface area contributed by atoms with Gasteiger partial charge in [0.2, 0.25) is 0 Å². The average Bonchev–Trinajstić information content (AvgIpc) is 2.43. The minimum Gasteiger partial charge on any atom is -0.494 e. The number of benzene rings is 1. The van der Waals surface area contributed by atoms with Crippen LogP contribution in [0.4, 0.5) is 0 Å². The van der Waals surface area contributed by atoms with Crippen LogP contribution < -0.4 is 10.5 Å². The lowest BCUT2D eigenvalue weighted by molar-refractivity contribution is 0.213. The van der Waals surface area contributed by atoms with E-state index in [1.54, 1.807) is 0 Å². The largest absolute Gasteiger partial charge is 0.494 e. The molecule has 0 fully saturated rings. The highest BCUT2D eigenvalue weighted by atomic mass is 35.5. The Kier molecular flexibility index (Phi) is 7.21. The van der Waals surface area contributed by atoms with Gasteiger partial charge in [0.25, 0.3) is 0 Å².